The molecule has 0 aromatic carbocycles. The molecule has 0 spiro atoms. The van der Waals surface area contributed by atoms with Crippen molar-refractivity contribution in [1.29, 1.82) is 0 Å². The number of aliphatic imine (C=N–C) groups is 1. The summed E-state index contributed by atoms with van der Waals surface area (Å²) in [6.07, 6.45) is 10.5. The number of amides is 1. The summed E-state index contributed by atoms with van der Waals surface area (Å²) < 4.78 is 0. The standard InChI is InChI=1S/C18H22N6O/c1-24(2)16-5-3-4-14-12(16)8-11(22-14)9-15-17(20-7-6-19-15)13-10-21-23-18(13)25/h6-10,13,16,19,22H,3-5H2,1-2H3,(H,23,25). The molecule has 3 aliphatic rings. The van der Waals surface area contributed by atoms with Gasteiger partial charge < -0.3 is 15.2 Å². The van der Waals surface area contributed by atoms with E-state index in [0.717, 1.165) is 17.8 Å². The molecule has 2 atom stereocenters. The molecular formula is C18H22N6O. The van der Waals surface area contributed by atoms with Crippen molar-refractivity contribution in [2.75, 3.05) is 14.1 Å². The first-order valence-corrected chi connectivity index (χ1v) is 8.56. The van der Waals surface area contributed by atoms with Gasteiger partial charge in [-0.1, -0.05) is 0 Å². The molecule has 130 valence electrons. The smallest absolute Gasteiger partial charge is 0.254 e. The summed E-state index contributed by atoms with van der Waals surface area (Å²) in [5.41, 5.74) is 7.66. The number of aryl methyl sites for hydroxylation is 1. The number of fused-ring (bicyclic) bond motifs is 1. The lowest BCUT2D eigenvalue weighted by Gasteiger charge is -2.28. The molecule has 0 saturated heterocycles. The van der Waals surface area contributed by atoms with E-state index in [2.05, 4.69) is 50.9 Å². The fourth-order valence-electron chi connectivity index (χ4n) is 3.70. The van der Waals surface area contributed by atoms with E-state index in [1.165, 1.54) is 24.1 Å². The normalized spacial score (nSPS) is 26.6. The Balaban J connectivity index is 1.66. The van der Waals surface area contributed by atoms with Gasteiger partial charge in [-0.15, -0.1) is 0 Å². The molecule has 7 heteroatoms. The van der Waals surface area contributed by atoms with Gasteiger partial charge in [0, 0.05) is 36.0 Å². The summed E-state index contributed by atoms with van der Waals surface area (Å²) in [6.45, 7) is 0. The molecule has 1 aromatic rings. The van der Waals surface area contributed by atoms with Gasteiger partial charge in [-0.25, -0.2) is 5.43 Å². The highest BCUT2D eigenvalue weighted by molar-refractivity contribution is 6.24. The van der Waals surface area contributed by atoms with Crippen molar-refractivity contribution in [1.82, 2.24) is 20.6 Å². The van der Waals surface area contributed by atoms with Crippen LogP contribution in [0.1, 0.15) is 35.8 Å². The predicted molar refractivity (Wildman–Crippen MR) is 98.0 cm³/mol. The van der Waals surface area contributed by atoms with Crippen LogP contribution in [0.25, 0.3) is 6.08 Å². The van der Waals surface area contributed by atoms with Crippen LogP contribution in [0.4, 0.5) is 0 Å². The van der Waals surface area contributed by atoms with Gasteiger partial charge in [0.1, 0.15) is 5.92 Å². The van der Waals surface area contributed by atoms with Crippen molar-refractivity contribution in [3.63, 3.8) is 0 Å². The highest BCUT2D eigenvalue weighted by Crippen LogP contribution is 2.33. The number of nitrogens with zero attached hydrogens (tertiary/aromatic N) is 3. The van der Waals surface area contributed by atoms with Gasteiger partial charge in [-0.05, 0) is 51.1 Å². The maximum Gasteiger partial charge on any atom is 0.254 e. The van der Waals surface area contributed by atoms with Crippen LogP contribution in [-0.2, 0) is 11.2 Å². The molecule has 0 fully saturated rings. The van der Waals surface area contributed by atoms with Crippen LogP contribution in [0.2, 0.25) is 0 Å². The number of aromatic amines is 1. The fraction of sp³-hybridized carbons (Fsp3) is 0.389. The number of H-pyrrole nitrogens is 1. The maximum atomic E-state index is 11.9. The number of aromatic nitrogens is 1. The number of allylic oxidation sites excluding steroid dienone is 1. The third kappa shape index (κ3) is 2.91. The molecular weight excluding hydrogens is 316 g/mol. The minimum absolute atomic E-state index is 0.153. The second kappa shape index (κ2) is 6.33. The summed E-state index contributed by atoms with van der Waals surface area (Å²) >= 11 is 0. The number of hydrazone groups is 1. The van der Waals surface area contributed by atoms with Crippen molar-refractivity contribution >= 4 is 23.9 Å². The number of hydrogen-bond acceptors (Lipinski definition) is 5. The topological polar surface area (TPSA) is 84.9 Å². The molecule has 2 aliphatic heterocycles. The van der Waals surface area contributed by atoms with Crippen LogP contribution in [0.5, 0.6) is 0 Å². The molecule has 7 nitrogen and oxygen atoms in total. The first kappa shape index (κ1) is 15.8. The minimum Gasteiger partial charge on any atom is -0.359 e. The summed E-state index contributed by atoms with van der Waals surface area (Å²) in [5.74, 6) is -0.608. The molecule has 0 radical (unpaired) electrons. The van der Waals surface area contributed by atoms with Crippen molar-refractivity contribution in [3.05, 3.63) is 41.1 Å². The second-order valence-electron chi connectivity index (χ2n) is 6.79. The monoisotopic (exact) mass is 338 g/mol. The molecule has 4 rings (SSSR count). The maximum absolute atomic E-state index is 11.9. The summed E-state index contributed by atoms with van der Waals surface area (Å²) in [6, 6.07) is 2.67. The van der Waals surface area contributed by atoms with Crippen LogP contribution >= 0.6 is 0 Å². The van der Waals surface area contributed by atoms with E-state index in [1.807, 2.05) is 6.08 Å². The number of rotatable bonds is 3. The zero-order chi connectivity index (χ0) is 17.4. The quantitative estimate of drug-likeness (QED) is 0.781. The Kier molecular flexibility index (Phi) is 4.01. The van der Waals surface area contributed by atoms with Gasteiger partial charge in [0.15, 0.2) is 0 Å². The van der Waals surface area contributed by atoms with E-state index in [1.54, 1.807) is 18.6 Å². The van der Waals surface area contributed by atoms with Crippen LogP contribution in [-0.4, -0.2) is 41.8 Å². The number of nitrogens with one attached hydrogen (secondary N) is 3. The van der Waals surface area contributed by atoms with Gasteiger partial charge in [0.2, 0.25) is 0 Å². The van der Waals surface area contributed by atoms with Gasteiger partial charge in [0.05, 0.1) is 11.4 Å². The van der Waals surface area contributed by atoms with E-state index < -0.39 is 5.92 Å². The fourth-order valence-corrected chi connectivity index (χ4v) is 3.70. The molecule has 3 heterocycles. The van der Waals surface area contributed by atoms with Crippen molar-refractivity contribution in [3.8, 4) is 0 Å². The molecule has 1 aromatic heterocycles. The van der Waals surface area contributed by atoms with Crippen LogP contribution in [0, 0.1) is 5.92 Å². The Labute approximate surface area is 146 Å². The van der Waals surface area contributed by atoms with Gasteiger partial charge in [-0.3, -0.25) is 9.79 Å². The zero-order valence-electron chi connectivity index (χ0n) is 14.4. The van der Waals surface area contributed by atoms with Gasteiger partial charge in [0.25, 0.3) is 5.91 Å². The van der Waals surface area contributed by atoms with E-state index in [4.69, 9.17) is 0 Å². The number of hydrogen-bond donors (Lipinski definition) is 3. The SMILES string of the molecule is CN(C)C1CCCc2[nH]c(C=C3NC=CN=C3C3C=NNC3=O)cc21. The number of carbonyl (C=O) groups is 1. The minimum atomic E-state index is -0.456. The van der Waals surface area contributed by atoms with Crippen molar-refractivity contribution in [2.24, 2.45) is 16.0 Å². The molecule has 0 saturated carbocycles. The van der Waals surface area contributed by atoms with Gasteiger partial charge in [-0.2, -0.15) is 5.10 Å². The Morgan fingerprint density at radius 2 is 2.24 bits per heavy atom. The average molecular weight is 338 g/mol. The molecule has 2 unspecified atom stereocenters. The summed E-state index contributed by atoms with van der Waals surface area (Å²) in [4.78, 5) is 22.1. The van der Waals surface area contributed by atoms with Crippen molar-refractivity contribution in [2.45, 2.75) is 25.3 Å². The first-order chi connectivity index (χ1) is 12.1. The summed E-state index contributed by atoms with van der Waals surface area (Å²) in [5, 5.41) is 7.05. The van der Waals surface area contributed by atoms with Crippen LogP contribution in [0.15, 0.2) is 34.3 Å². The molecule has 3 N–H and O–H groups in total. The zero-order valence-corrected chi connectivity index (χ0v) is 14.4. The van der Waals surface area contributed by atoms with Gasteiger partial charge >= 0.3 is 0 Å². The lowest BCUT2D eigenvalue weighted by atomic mass is 9.92. The predicted octanol–water partition coefficient (Wildman–Crippen LogP) is 1.54. The average Bonchev–Trinajstić information content (AvgIpc) is 3.20. The Bertz CT molecular complexity index is 814. The highest BCUT2D eigenvalue weighted by atomic mass is 16.2. The van der Waals surface area contributed by atoms with E-state index >= 15 is 0 Å². The Hall–Kier alpha value is -2.67. The van der Waals surface area contributed by atoms with Crippen LogP contribution in [0.3, 0.4) is 0 Å². The third-order valence-electron chi connectivity index (χ3n) is 4.92. The highest BCUT2D eigenvalue weighted by Gasteiger charge is 2.30. The van der Waals surface area contributed by atoms with Crippen LogP contribution < -0.4 is 10.7 Å². The van der Waals surface area contributed by atoms with E-state index in [-0.39, 0.29) is 5.91 Å². The lowest BCUT2D eigenvalue weighted by molar-refractivity contribution is -0.120. The second-order valence-corrected chi connectivity index (χ2v) is 6.79. The summed E-state index contributed by atoms with van der Waals surface area (Å²) in [7, 11) is 4.25. The third-order valence-corrected chi connectivity index (χ3v) is 4.92. The Morgan fingerprint density at radius 3 is 3.00 bits per heavy atom. The molecule has 25 heavy (non-hydrogen) atoms. The van der Waals surface area contributed by atoms with E-state index in [9.17, 15) is 4.79 Å². The molecule has 1 aliphatic carbocycles. The Morgan fingerprint density at radius 1 is 1.36 bits per heavy atom. The molecule has 1 amide bonds. The first-order valence-electron chi connectivity index (χ1n) is 8.56. The van der Waals surface area contributed by atoms with E-state index in [0.29, 0.717) is 11.8 Å². The van der Waals surface area contributed by atoms with Crippen molar-refractivity contribution < 1.29 is 4.79 Å². The molecule has 0 bridgehead atoms. The number of carbonyl (C=O) groups excluding carboxylic acids is 1. The lowest BCUT2D eigenvalue weighted by Crippen LogP contribution is -2.32. The largest absolute Gasteiger partial charge is 0.359 e.